The van der Waals surface area contributed by atoms with Crippen LogP contribution in [0.15, 0.2) is 0 Å². The van der Waals surface area contributed by atoms with E-state index in [0.717, 1.165) is 37.5 Å². The smallest absolute Gasteiger partial charge is 0.405 e. The third-order valence-electron chi connectivity index (χ3n) is 10.7. The maximum atomic E-state index is 13.7. The molecule has 6 aliphatic carbocycles. The van der Waals surface area contributed by atoms with Crippen LogP contribution in [0, 0.1) is 47.3 Å². The highest BCUT2D eigenvalue weighted by Crippen LogP contribution is 2.59. The molecule has 7 rings (SSSR count). The standard InChI is InChI=1S/C29H38F2O12S/c1-12(29(30,31)44(36,37)38)39-19(32)4-5-20(33)40-24-18-11-17-21(26(34)41-25(17)24)22(18)27(35)43-28(2,3)42-23-15-7-13-6-14(9-15)10-16(23)8-13/h12-18,21-25H,4-11H2,1-3H3,(H,36,37,38). The second-order valence-electron chi connectivity index (χ2n) is 14.0. The molecular formula is C29H38F2O12S. The summed E-state index contributed by atoms with van der Waals surface area (Å²) >= 11 is 0. The first-order chi connectivity index (χ1) is 20.4. The molecule has 0 aromatic rings. The third-order valence-corrected chi connectivity index (χ3v) is 11.7. The Morgan fingerprint density at radius 2 is 1.55 bits per heavy atom. The van der Waals surface area contributed by atoms with E-state index in [-0.39, 0.29) is 12.0 Å². The van der Waals surface area contributed by atoms with Gasteiger partial charge in [0.25, 0.3) is 0 Å². The van der Waals surface area contributed by atoms with Crippen LogP contribution in [0.25, 0.3) is 0 Å². The number of halogens is 2. The van der Waals surface area contributed by atoms with Gasteiger partial charge in [-0.2, -0.15) is 17.2 Å². The van der Waals surface area contributed by atoms with Crippen molar-refractivity contribution in [1.82, 2.24) is 0 Å². The van der Waals surface area contributed by atoms with Crippen molar-refractivity contribution in [2.75, 3.05) is 0 Å². The van der Waals surface area contributed by atoms with E-state index in [1.165, 1.54) is 6.42 Å². The minimum atomic E-state index is -5.83. The van der Waals surface area contributed by atoms with Gasteiger partial charge in [-0.25, -0.2) is 0 Å². The van der Waals surface area contributed by atoms with Crippen LogP contribution in [-0.4, -0.2) is 72.3 Å². The third kappa shape index (κ3) is 5.50. The van der Waals surface area contributed by atoms with E-state index >= 15 is 0 Å². The zero-order chi connectivity index (χ0) is 31.9. The molecule has 1 aliphatic heterocycles. The molecule has 1 saturated heterocycles. The fourth-order valence-corrected chi connectivity index (χ4v) is 9.62. The van der Waals surface area contributed by atoms with Crippen molar-refractivity contribution in [2.24, 2.45) is 47.3 Å². The van der Waals surface area contributed by atoms with Gasteiger partial charge in [-0.15, -0.1) is 0 Å². The Hall–Kier alpha value is -2.39. The van der Waals surface area contributed by atoms with Gasteiger partial charge in [0.05, 0.1) is 30.8 Å². The van der Waals surface area contributed by atoms with Crippen molar-refractivity contribution < 1.29 is 64.6 Å². The molecule has 0 aromatic heterocycles. The van der Waals surface area contributed by atoms with Crippen molar-refractivity contribution in [3.8, 4) is 0 Å². The molecule has 1 N–H and O–H groups in total. The SMILES string of the molecule is CC(OC(=O)CCC(=O)OC1C2CC3C1OC(=O)C3C2C(=O)OC(C)(C)OC1C2CC3CC(C2)CC1C3)C(F)(F)S(=O)(=O)O. The maximum absolute atomic E-state index is 13.7. The predicted molar refractivity (Wildman–Crippen MR) is 142 cm³/mol. The summed E-state index contributed by atoms with van der Waals surface area (Å²) in [5.41, 5.74) is 0. The number of carbonyl (C=O) groups excluding carboxylic acids is 4. The second-order valence-corrected chi connectivity index (χ2v) is 15.5. The predicted octanol–water partition coefficient (Wildman–Crippen LogP) is 3.02. The summed E-state index contributed by atoms with van der Waals surface area (Å²) in [7, 11) is -5.83. The van der Waals surface area contributed by atoms with Crippen LogP contribution >= 0.6 is 0 Å². The van der Waals surface area contributed by atoms with E-state index in [4.69, 9.17) is 23.5 Å². The molecule has 0 radical (unpaired) electrons. The van der Waals surface area contributed by atoms with Crippen LogP contribution in [0.4, 0.5) is 8.78 Å². The monoisotopic (exact) mass is 648 g/mol. The molecule has 7 atom stereocenters. The number of fused-ring (bicyclic) bond motifs is 1. The molecule has 0 spiro atoms. The lowest BCUT2D eigenvalue weighted by Crippen LogP contribution is -2.53. The van der Waals surface area contributed by atoms with E-state index < -0.39 is 93.9 Å². The van der Waals surface area contributed by atoms with Crippen LogP contribution in [-0.2, 0) is 53.0 Å². The number of hydrogen-bond donors (Lipinski definition) is 1. The number of esters is 4. The van der Waals surface area contributed by atoms with Crippen molar-refractivity contribution in [3.63, 3.8) is 0 Å². The van der Waals surface area contributed by atoms with Gasteiger partial charge in [-0.05, 0) is 69.1 Å². The molecule has 7 aliphatic rings. The molecule has 12 nitrogen and oxygen atoms in total. The van der Waals surface area contributed by atoms with Crippen LogP contribution in [0.2, 0.25) is 0 Å². The van der Waals surface area contributed by atoms with E-state index in [2.05, 4.69) is 4.74 Å². The number of ether oxygens (including phenoxy) is 5. The lowest BCUT2D eigenvalue weighted by molar-refractivity contribution is -0.270. The molecule has 7 fully saturated rings. The molecule has 0 amide bonds. The van der Waals surface area contributed by atoms with Crippen LogP contribution in [0.1, 0.15) is 72.1 Å². The largest absolute Gasteiger partial charge is 0.458 e. The number of alkyl halides is 2. The Bertz CT molecular complexity index is 1300. The highest BCUT2D eigenvalue weighted by Gasteiger charge is 2.70. The van der Waals surface area contributed by atoms with Gasteiger partial charge in [0.2, 0.25) is 5.79 Å². The van der Waals surface area contributed by atoms with Crippen molar-refractivity contribution in [3.05, 3.63) is 0 Å². The van der Waals surface area contributed by atoms with E-state index in [1.807, 2.05) is 0 Å². The highest BCUT2D eigenvalue weighted by atomic mass is 32.2. The zero-order valence-corrected chi connectivity index (χ0v) is 25.5. The molecular weight excluding hydrogens is 610 g/mol. The van der Waals surface area contributed by atoms with Gasteiger partial charge < -0.3 is 23.7 Å². The van der Waals surface area contributed by atoms with Crippen molar-refractivity contribution >= 4 is 34.0 Å². The average molecular weight is 649 g/mol. The first-order valence-corrected chi connectivity index (χ1v) is 16.7. The number of carbonyl (C=O) groups is 4. The fourth-order valence-electron chi connectivity index (χ4n) is 9.15. The summed E-state index contributed by atoms with van der Waals surface area (Å²) in [6.45, 7) is 3.98. The van der Waals surface area contributed by atoms with Gasteiger partial charge in [-0.3, -0.25) is 23.7 Å². The summed E-state index contributed by atoms with van der Waals surface area (Å²) in [5, 5.41) is -4.74. The van der Waals surface area contributed by atoms with E-state index in [1.54, 1.807) is 13.8 Å². The average Bonchev–Trinajstić information content (AvgIpc) is 3.52. The van der Waals surface area contributed by atoms with Gasteiger partial charge in [0.1, 0.15) is 12.2 Å². The van der Waals surface area contributed by atoms with E-state index in [9.17, 15) is 36.4 Å². The lowest BCUT2D eigenvalue weighted by Gasteiger charge is -2.55. The quantitative estimate of drug-likeness (QED) is 0.151. The topological polar surface area (TPSA) is 169 Å². The van der Waals surface area contributed by atoms with Gasteiger partial charge in [-0.1, -0.05) is 0 Å². The zero-order valence-electron chi connectivity index (χ0n) is 24.7. The van der Waals surface area contributed by atoms with Crippen molar-refractivity contribution in [2.45, 2.75) is 108 Å². The minimum absolute atomic E-state index is 0.00843. The molecule has 6 saturated carbocycles. The molecule has 44 heavy (non-hydrogen) atoms. The van der Waals surface area contributed by atoms with Gasteiger partial charge in [0, 0.05) is 25.7 Å². The summed E-state index contributed by atoms with van der Waals surface area (Å²) in [6.07, 6.45) is 0.638. The Labute approximate surface area is 253 Å². The summed E-state index contributed by atoms with van der Waals surface area (Å²) in [5.74, 6) is -4.87. The second kappa shape index (κ2) is 10.9. The van der Waals surface area contributed by atoms with Gasteiger partial charge in [0.15, 0.2) is 6.10 Å². The van der Waals surface area contributed by atoms with E-state index in [0.29, 0.717) is 25.2 Å². The highest BCUT2D eigenvalue weighted by molar-refractivity contribution is 7.86. The summed E-state index contributed by atoms with van der Waals surface area (Å²) in [4.78, 5) is 51.0. The summed E-state index contributed by atoms with van der Waals surface area (Å²) < 4.78 is 85.4. The van der Waals surface area contributed by atoms with Crippen LogP contribution in [0.3, 0.4) is 0 Å². The fraction of sp³-hybridized carbons (Fsp3) is 0.862. The first kappa shape index (κ1) is 31.6. The van der Waals surface area contributed by atoms with Crippen LogP contribution < -0.4 is 0 Å². The Kier molecular flexibility index (Phi) is 7.79. The normalized spacial score (nSPS) is 39.2. The molecule has 7 unspecified atom stereocenters. The lowest BCUT2D eigenvalue weighted by atomic mass is 9.55. The molecule has 15 heteroatoms. The molecule has 6 bridgehead atoms. The summed E-state index contributed by atoms with van der Waals surface area (Å²) in [6, 6.07) is 0. The van der Waals surface area contributed by atoms with Crippen LogP contribution in [0.5, 0.6) is 0 Å². The molecule has 1 heterocycles. The number of hydrogen-bond acceptors (Lipinski definition) is 11. The molecule has 0 aromatic carbocycles. The first-order valence-electron chi connectivity index (χ1n) is 15.3. The Morgan fingerprint density at radius 1 is 0.955 bits per heavy atom. The maximum Gasteiger partial charge on any atom is 0.405 e. The van der Waals surface area contributed by atoms with Gasteiger partial charge >= 0.3 is 39.2 Å². The Balaban J connectivity index is 1.05. The number of rotatable bonds is 11. The Morgan fingerprint density at radius 3 is 2.14 bits per heavy atom. The minimum Gasteiger partial charge on any atom is -0.458 e. The molecule has 246 valence electrons. The van der Waals surface area contributed by atoms with Crippen molar-refractivity contribution in [1.29, 1.82) is 0 Å².